The first-order chi connectivity index (χ1) is 16.9. The van der Waals surface area contributed by atoms with Gasteiger partial charge in [0.1, 0.15) is 11.4 Å². The van der Waals surface area contributed by atoms with Gasteiger partial charge in [-0.25, -0.2) is 4.98 Å². The number of hydrogen-bond acceptors (Lipinski definition) is 7. The van der Waals surface area contributed by atoms with Crippen LogP contribution in [0.15, 0.2) is 36.4 Å². The monoisotopic (exact) mass is 476 g/mol. The van der Waals surface area contributed by atoms with Crippen molar-refractivity contribution in [1.82, 2.24) is 30.5 Å². The highest BCUT2D eigenvalue weighted by Gasteiger charge is 2.48. The summed E-state index contributed by atoms with van der Waals surface area (Å²) in [6.07, 6.45) is 6.50. The van der Waals surface area contributed by atoms with E-state index in [-0.39, 0.29) is 16.7 Å². The number of hydrogen-bond donors (Lipinski definition) is 2. The van der Waals surface area contributed by atoms with Crippen molar-refractivity contribution >= 4 is 5.91 Å². The Labute approximate surface area is 204 Å². The third kappa shape index (κ3) is 4.91. The summed E-state index contributed by atoms with van der Waals surface area (Å²) in [7, 11) is 1.62. The normalized spacial score (nSPS) is 23.3. The maximum atomic E-state index is 12.8. The molecule has 35 heavy (non-hydrogen) atoms. The summed E-state index contributed by atoms with van der Waals surface area (Å²) in [5.41, 5.74) is 3.02. The number of amides is 1. The van der Waals surface area contributed by atoms with Crippen LogP contribution >= 0.6 is 0 Å². The van der Waals surface area contributed by atoms with E-state index >= 15 is 0 Å². The second kappa shape index (κ2) is 9.37. The van der Waals surface area contributed by atoms with Gasteiger partial charge in [0.05, 0.1) is 13.7 Å². The summed E-state index contributed by atoms with van der Waals surface area (Å²) >= 11 is 0. The smallest absolute Gasteiger partial charge is 0.270 e. The minimum Gasteiger partial charge on any atom is -0.497 e. The molecule has 0 radical (unpaired) electrons. The van der Waals surface area contributed by atoms with E-state index in [1.165, 1.54) is 0 Å². The number of carbonyl (C=O) groups is 1. The Hall–Kier alpha value is -3.33. The topological polar surface area (TPSA) is 115 Å². The first-order valence-electron chi connectivity index (χ1n) is 12.2. The van der Waals surface area contributed by atoms with Crippen molar-refractivity contribution < 1.29 is 14.6 Å². The predicted octanol–water partition coefficient (Wildman–Crippen LogP) is 3.32. The molecule has 9 nitrogen and oxygen atoms in total. The molecular weight excluding hydrogens is 444 g/mol. The lowest BCUT2D eigenvalue weighted by molar-refractivity contribution is -0.0530. The van der Waals surface area contributed by atoms with Gasteiger partial charge in [0, 0.05) is 24.4 Å². The van der Waals surface area contributed by atoms with E-state index < -0.39 is 0 Å². The fourth-order valence-electron chi connectivity index (χ4n) is 5.51. The van der Waals surface area contributed by atoms with Gasteiger partial charge in [-0.15, -0.1) is 10.2 Å². The lowest BCUT2D eigenvalue weighted by Gasteiger charge is -2.52. The summed E-state index contributed by atoms with van der Waals surface area (Å²) in [6.45, 7) is 3.25. The number of fused-ring (bicyclic) bond motifs is 3. The number of benzene rings is 1. The number of aliphatic hydroxyl groups is 1. The van der Waals surface area contributed by atoms with Crippen molar-refractivity contribution in [3.63, 3.8) is 0 Å². The van der Waals surface area contributed by atoms with E-state index in [4.69, 9.17) is 4.74 Å². The number of methoxy groups -OCH3 is 1. The molecule has 1 amide bonds. The van der Waals surface area contributed by atoms with Crippen LogP contribution in [0.25, 0.3) is 11.4 Å². The molecule has 184 valence electrons. The van der Waals surface area contributed by atoms with Crippen LogP contribution in [0.1, 0.15) is 60.3 Å². The number of ether oxygens (including phenoxy) is 1. The molecule has 2 N–H and O–H groups in total. The molecule has 1 aromatic carbocycles. The molecule has 0 aliphatic heterocycles. The Kier molecular flexibility index (Phi) is 6.27. The second-order valence-electron chi connectivity index (χ2n) is 10.2. The van der Waals surface area contributed by atoms with Crippen molar-refractivity contribution in [2.75, 3.05) is 13.7 Å². The average Bonchev–Trinajstić information content (AvgIpc) is 3.36. The van der Waals surface area contributed by atoms with Crippen LogP contribution in [0.5, 0.6) is 5.75 Å². The molecule has 9 heteroatoms. The third-order valence-corrected chi connectivity index (χ3v) is 7.85. The number of nitrogens with zero attached hydrogens (tertiary/aromatic N) is 5. The van der Waals surface area contributed by atoms with Gasteiger partial charge in [-0.2, -0.15) is 4.80 Å². The van der Waals surface area contributed by atoms with Gasteiger partial charge in [0.25, 0.3) is 5.91 Å². The van der Waals surface area contributed by atoms with Gasteiger partial charge in [-0.05, 0) is 91.3 Å². The minimum atomic E-state index is -0.263. The number of nitrogens with one attached hydrogen (secondary N) is 1. The summed E-state index contributed by atoms with van der Waals surface area (Å²) in [4.78, 5) is 18.9. The van der Waals surface area contributed by atoms with E-state index in [2.05, 4.69) is 25.7 Å². The molecule has 2 heterocycles. The van der Waals surface area contributed by atoms with Gasteiger partial charge in [0.15, 0.2) is 0 Å². The number of tetrazole rings is 1. The third-order valence-electron chi connectivity index (χ3n) is 7.85. The van der Waals surface area contributed by atoms with Crippen molar-refractivity contribution in [1.29, 1.82) is 0 Å². The van der Waals surface area contributed by atoms with E-state index in [1.807, 2.05) is 37.3 Å². The van der Waals surface area contributed by atoms with Gasteiger partial charge in [-0.3, -0.25) is 4.79 Å². The quantitative estimate of drug-likeness (QED) is 0.512. The van der Waals surface area contributed by atoms with Crippen LogP contribution in [0.3, 0.4) is 0 Å². The first kappa shape index (κ1) is 23.4. The van der Waals surface area contributed by atoms with Gasteiger partial charge in [-0.1, -0.05) is 12.1 Å². The van der Waals surface area contributed by atoms with Gasteiger partial charge in [0.2, 0.25) is 5.82 Å². The number of carbonyl (C=O) groups excluding carboxylic acids is 1. The highest BCUT2D eigenvalue weighted by atomic mass is 16.5. The van der Waals surface area contributed by atoms with Crippen LogP contribution in [0, 0.1) is 17.8 Å². The van der Waals surface area contributed by atoms with Gasteiger partial charge >= 0.3 is 0 Å². The molecule has 3 saturated carbocycles. The Bertz CT molecular complexity index is 1200. The largest absolute Gasteiger partial charge is 0.497 e. The maximum absolute atomic E-state index is 12.8. The van der Waals surface area contributed by atoms with Crippen molar-refractivity contribution in [2.45, 2.75) is 58.5 Å². The second-order valence-corrected chi connectivity index (χ2v) is 10.2. The standard InChI is InChI=1S/C26H32N6O3/c1-18-12-20(14-22(28-18)24(34)27-15-19-4-3-5-21(13-19)35-2)23-29-31-32(30-23)16-25-6-9-26(17-33,10-7-25)11-8-25/h3-5,12-14,33H,6-11,15-17H2,1-2H3,(H,27,34). The zero-order chi connectivity index (χ0) is 24.5. The molecule has 2 bridgehead atoms. The van der Waals surface area contributed by atoms with Crippen LogP contribution in [-0.2, 0) is 13.1 Å². The molecule has 0 atom stereocenters. The molecule has 3 aromatic rings. The van der Waals surface area contributed by atoms with Crippen LogP contribution in [0.2, 0.25) is 0 Å². The van der Waals surface area contributed by atoms with E-state index in [1.54, 1.807) is 18.0 Å². The molecule has 2 aromatic heterocycles. The van der Waals surface area contributed by atoms with Gasteiger partial charge < -0.3 is 15.2 Å². The summed E-state index contributed by atoms with van der Waals surface area (Å²) < 4.78 is 5.24. The SMILES string of the molecule is COc1cccc(CNC(=O)c2cc(-c3nnn(CC45CCC(CO)(CC4)CC5)n3)cc(C)n2)c1. The van der Waals surface area contributed by atoms with Crippen molar-refractivity contribution in [3.8, 4) is 17.1 Å². The van der Waals surface area contributed by atoms with Crippen molar-refractivity contribution in [2.24, 2.45) is 10.8 Å². The average molecular weight is 477 g/mol. The zero-order valence-corrected chi connectivity index (χ0v) is 20.3. The Morgan fingerprint density at radius 3 is 2.57 bits per heavy atom. The summed E-state index contributed by atoms with van der Waals surface area (Å²) in [6, 6.07) is 11.2. The molecule has 6 rings (SSSR count). The molecule has 3 aliphatic carbocycles. The Balaban J connectivity index is 1.27. The highest BCUT2D eigenvalue weighted by Crippen LogP contribution is 2.57. The number of aromatic nitrogens is 5. The fourth-order valence-corrected chi connectivity index (χ4v) is 5.51. The summed E-state index contributed by atoms with van der Waals surface area (Å²) in [5.74, 6) is 0.974. The minimum absolute atomic E-state index is 0.140. The van der Waals surface area contributed by atoms with Crippen LogP contribution in [-0.4, -0.2) is 49.9 Å². The number of aryl methyl sites for hydroxylation is 1. The predicted molar refractivity (Wildman–Crippen MR) is 130 cm³/mol. The highest BCUT2D eigenvalue weighted by molar-refractivity contribution is 5.93. The number of rotatable bonds is 8. The van der Waals surface area contributed by atoms with E-state index in [0.29, 0.717) is 30.4 Å². The van der Waals surface area contributed by atoms with E-state index in [9.17, 15) is 9.90 Å². The van der Waals surface area contributed by atoms with Crippen molar-refractivity contribution in [3.05, 3.63) is 53.3 Å². The lowest BCUT2D eigenvalue weighted by Crippen LogP contribution is -2.45. The molecular formula is C26H32N6O3. The van der Waals surface area contributed by atoms with Crippen LogP contribution in [0.4, 0.5) is 0 Å². The lowest BCUT2D eigenvalue weighted by atomic mass is 9.54. The molecule has 3 fully saturated rings. The number of pyridine rings is 1. The zero-order valence-electron chi connectivity index (χ0n) is 20.3. The molecule has 0 spiro atoms. The number of aliphatic hydroxyl groups excluding tert-OH is 1. The summed E-state index contributed by atoms with van der Waals surface area (Å²) in [5, 5.41) is 26.0. The molecule has 0 saturated heterocycles. The van der Waals surface area contributed by atoms with Crippen LogP contribution < -0.4 is 10.1 Å². The first-order valence-corrected chi connectivity index (χ1v) is 12.2. The Morgan fingerprint density at radius 1 is 1.11 bits per heavy atom. The molecule has 3 aliphatic rings. The fraction of sp³-hybridized carbons (Fsp3) is 0.500. The maximum Gasteiger partial charge on any atom is 0.270 e. The van der Waals surface area contributed by atoms with E-state index in [0.717, 1.165) is 61.9 Å². The molecule has 0 unspecified atom stereocenters. The Morgan fingerprint density at radius 2 is 1.86 bits per heavy atom.